The molecule has 2 rings (SSSR count). The van der Waals surface area contributed by atoms with Crippen molar-refractivity contribution in [2.75, 3.05) is 30.8 Å². The molecule has 0 amide bonds. The number of benzene rings is 2. The number of nitrogens with zero attached hydrogens (tertiary/aromatic N) is 1. The zero-order chi connectivity index (χ0) is 15.8. The summed E-state index contributed by atoms with van der Waals surface area (Å²) in [6.45, 7) is 1.42. The van der Waals surface area contributed by atoms with Crippen LogP contribution in [0.3, 0.4) is 0 Å². The van der Waals surface area contributed by atoms with Crippen molar-refractivity contribution in [3.63, 3.8) is 0 Å². The van der Waals surface area contributed by atoms with E-state index >= 15 is 0 Å². The van der Waals surface area contributed by atoms with Crippen LogP contribution in [0.25, 0.3) is 0 Å². The molecule has 0 radical (unpaired) electrons. The molecule has 0 aliphatic heterocycles. The Morgan fingerprint density at radius 3 is 2.45 bits per heavy atom. The fourth-order valence-corrected chi connectivity index (χ4v) is 2.12. The van der Waals surface area contributed by atoms with E-state index in [1.165, 1.54) is 7.11 Å². The lowest BCUT2D eigenvalue weighted by molar-refractivity contribution is -0.384. The third-order valence-corrected chi connectivity index (χ3v) is 3.17. The van der Waals surface area contributed by atoms with Gasteiger partial charge in [0.2, 0.25) is 0 Å². The van der Waals surface area contributed by atoms with Gasteiger partial charge in [-0.25, -0.2) is 0 Å². The molecule has 0 saturated heterocycles. The molecule has 0 fully saturated rings. The average molecular weight is 301 g/mol. The van der Waals surface area contributed by atoms with Crippen LogP contribution in [-0.4, -0.2) is 25.1 Å². The predicted octanol–water partition coefficient (Wildman–Crippen LogP) is 3.52. The Balaban J connectivity index is 1.85. The summed E-state index contributed by atoms with van der Waals surface area (Å²) in [6.07, 6.45) is 0.837. The molecule has 6 heteroatoms. The van der Waals surface area contributed by atoms with Gasteiger partial charge in [0.15, 0.2) is 5.75 Å². The Morgan fingerprint density at radius 2 is 1.77 bits per heavy atom. The molecule has 0 heterocycles. The fraction of sp³-hybridized carbons (Fsp3) is 0.250. The highest BCUT2D eigenvalue weighted by atomic mass is 16.6. The first-order chi connectivity index (χ1) is 10.7. The first-order valence-electron chi connectivity index (χ1n) is 7.06. The molecule has 0 bridgehead atoms. The predicted molar refractivity (Wildman–Crippen MR) is 87.7 cm³/mol. The standard InChI is InChI=1S/C16H19N3O3/c1-22-15-10-5-9-14(16(15)19(20)21)18-12-6-11-17-13-7-3-2-4-8-13/h2-5,7-10,17-18H,6,11-12H2,1H3. The van der Waals surface area contributed by atoms with Crippen LogP contribution in [0.15, 0.2) is 48.5 Å². The van der Waals surface area contributed by atoms with Gasteiger partial charge < -0.3 is 15.4 Å². The lowest BCUT2D eigenvalue weighted by Gasteiger charge is -2.10. The molecule has 0 aliphatic carbocycles. The summed E-state index contributed by atoms with van der Waals surface area (Å²) in [7, 11) is 1.43. The van der Waals surface area contributed by atoms with Crippen LogP contribution in [0.1, 0.15) is 6.42 Å². The van der Waals surface area contributed by atoms with Crippen LogP contribution < -0.4 is 15.4 Å². The SMILES string of the molecule is COc1cccc(NCCCNc2ccccc2)c1[N+](=O)[O-]. The molecule has 22 heavy (non-hydrogen) atoms. The molecule has 0 aromatic heterocycles. The van der Waals surface area contributed by atoms with E-state index < -0.39 is 4.92 Å². The van der Waals surface area contributed by atoms with Gasteiger partial charge in [-0.1, -0.05) is 24.3 Å². The van der Waals surface area contributed by atoms with E-state index in [0.717, 1.165) is 18.7 Å². The van der Waals surface area contributed by atoms with Crippen molar-refractivity contribution >= 4 is 17.1 Å². The van der Waals surface area contributed by atoms with Crippen molar-refractivity contribution in [1.82, 2.24) is 0 Å². The van der Waals surface area contributed by atoms with Gasteiger partial charge in [-0.05, 0) is 30.7 Å². The normalized spacial score (nSPS) is 10.0. The van der Waals surface area contributed by atoms with Gasteiger partial charge in [0.05, 0.1) is 12.0 Å². The Hall–Kier alpha value is -2.76. The number of nitrogens with one attached hydrogen (secondary N) is 2. The summed E-state index contributed by atoms with van der Waals surface area (Å²) in [5.74, 6) is 0.261. The zero-order valence-corrected chi connectivity index (χ0v) is 12.4. The van der Waals surface area contributed by atoms with Crippen LogP contribution in [-0.2, 0) is 0 Å². The molecule has 2 N–H and O–H groups in total. The minimum atomic E-state index is -0.427. The maximum atomic E-state index is 11.1. The van der Waals surface area contributed by atoms with E-state index in [9.17, 15) is 10.1 Å². The van der Waals surface area contributed by atoms with Gasteiger partial charge in [0, 0.05) is 18.8 Å². The third-order valence-electron chi connectivity index (χ3n) is 3.17. The molecule has 0 spiro atoms. The highest BCUT2D eigenvalue weighted by molar-refractivity contribution is 5.68. The van der Waals surface area contributed by atoms with E-state index in [1.54, 1.807) is 18.2 Å². The summed E-state index contributed by atoms with van der Waals surface area (Å²) in [5, 5.41) is 17.5. The van der Waals surface area contributed by atoms with Crippen LogP contribution in [0.4, 0.5) is 17.1 Å². The number of hydrogen-bond donors (Lipinski definition) is 2. The summed E-state index contributed by atoms with van der Waals surface area (Å²) in [4.78, 5) is 10.7. The minimum Gasteiger partial charge on any atom is -0.490 e. The van der Waals surface area contributed by atoms with Crippen molar-refractivity contribution in [2.24, 2.45) is 0 Å². The Morgan fingerprint density at radius 1 is 1.05 bits per heavy atom. The highest BCUT2D eigenvalue weighted by Gasteiger charge is 2.19. The van der Waals surface area contributed by atoms with Crippen molar-refractivity contribution in [3.8, 4) is 5.75 Å². The quantitative estimate of drug-likeness (QED) is 0.443. The van der Waals surface area contributed by atoms with E-state index in [1.807, 2.05) is 30.3 Å². The lowest BCUT2D eigenvalue weighted by atomic mass is 10.2. The van der Waals surface area contributed by atoms with Crippen molar-refractivity contribution in [3.05, 3.63) is 58.6 Å². The van der Waals surface area contributed by atoms with E-state index in [2.05, 4.69) is 10.6 Å². The molecule has 0 unspecified atom stereocenters. The summed E-state index contributed by atoms with van der Waals surface area (Å²) < 4.78 is 5.04. The van der Waals surface area contributed by atoms with Gasteiger partial charge in [0.1, 0.15) is 5.69 Å². The molecule has 2 aromatic rings. The van der Waals surface area contributed by atoms with Gasteiger partial charge >= 0.3 is 5.69 Å². The van der Waals surface area contributed by atoms with Crippen molar-refractivity contribution in [2.45, 2.75) is 6.42 Å². The van der Waals surface area contributed by atoms with Crippen molar-refractivity contribution in [1.29, 1.82) is 0 Å². The Kier molecular flexibility index (Phi) is 5.59. The van der Waals surface area contributed by atoms with Crippen LogP contribution in [0.5, 0.6) is 5.75 Å². The Bertz CT molecular complexity index is 617. The summed E-state index contributed by atoms with van der Waals surface area (Å²) >= 11 is 0. The zero-order valence-electron chi connectivity index (χ0n) is 12.4. The number of nitro benzene ring substituents is 1. The first-order valence-corrected chi connectivity index (χ1v) is 7.06. The first kappa shape index (κ1) is 15.6. The molecular weight excluding hydrogens is 282 g/mol. The van der Waals surface area contributed by atoms with Crippen molar-refractivity contribution < 1.29 is 9.66 Å². The largest absolute Gasteiger partial charge is 0.490 e. The number of hydrogen-bond acceptors (Lipinski definition) is 5. The molecular formula is C16H19N3O3. The molecule has 2 aromatic carbocycles. The second kappa shape index (κ2) is 7.87. The molecule has 116 valence electrons. The maximum absolute atomic E-state index is 11.1. The fourth-order valence-electron chi connectivity index (χ4n) is 2.12. The lowest BCUT2D eigenvalue weighted by Crippen LogP contribution is -2.10. The van der Waals surface area contributed by atoms with E-state index in [-0.39, 0.29) is 11.4 Å². The van der Waals surface area contributed by atoms with Gasteiger partial charge in [-0.15, -0.1) is 0 Å². The second-order valence-corrected chi connectivity index (χ2v) is 4.69. The smallest absolute Gasteiger partial charge is 0.333 e. The molecule has 0 saturated carbocycles. The number of nitro groups is 1. The Labute approximate surface area is 129 Å². The maximum Gasteiger partial charge on any atom is 0.333 e. The number of ether oxygens (including phenoxy) is 1. The van der Waals surface area contributed by atoms with Gasteiger partial charge in [0.25, 0.3) is 0 Å². The van der Waals surface area contributed by atoms with Crippen LogP contribution >= 0.6 is 0 Å². The topological polar surface area (TPSA) is 76.4 Å². The van der Waals surface area contributed by atoms with Gasteiger partial charge in [-0.3, -0.25) is 10.1 Å². The highest BCUT2D eigenvalue weighted by Crippen LogP contribution is 2.34. The number of methoxy groups -OCH3 is 1. The third kappa shape index (κ3) is 4.12. The average Bonchev–Trinajstić information content (AvgIpc) is 2.55. The molecule has 0 atom stereocenters. The van der Waals surface area contributed by atoms with Gasteiger partial charge in [-0.2, -0.15) is 0 Å². The minimum absolute atomic E-state index is 0.0268. The number of anilines is 2. The summed E-state index contributed by atoms with van der Waals surface area (Å²) in [5.41, 5.74) is 1.51. The molecule has 6 nitrogen and oxygen atoms in total. The molecule has 0 aliphatic rings. The van der Waals surface area contributed by atoms with Crippen LogP contribution in [0.2, 0.25) is 0 Å². The summed E-state index contributed by atoms with van der Waals surface area (Å²) in [6, 6.07) is 14.9. The van der Waals surface area contributed by atoms with Crippen LogP contribution in [0, 0.1) is 10.1 Å². The number of para-hydroxylation sites is 2. The monoisotopic (exact) mass is 301 g/mol. The van der Waals surface area contributed by atoms with E-state index in [4.69, 9.17) is 4.74 Å². The van der Waals surface area contributed by atoms with E-state index in [0.29, 0.717) is 12.2 Å². The second-order valence-electron chi connectivity index (χ2n) is 4.69. The number of rotatable bonds is 8.